The van der Waals surface area contributed by atoms with Crippen LogP contribution in [0.5, 0.6) is 5.75 Å². The quantitative estimate of drug-likeness (QED) is 0.772. The molecule has 1 N–H and O–H groups in total. The van der Waals surface area contributed by atoms with E-state index in [0.717, 1.165) is 24.5 Å². The van der Waals surface area contributed by atoms with E-state index < -0.39 is 0 Å². The van der Waals surface area contributed by atoms with Crippen LogP contribution in [0.15, 0.2) is 24.3 Å². The van der Waals surface area contributed by atoms with Crippen molar-refractivity contribution < 1.29 is 4.74 Å². The zero-order valence-electron chi connectivity index (χ0n) is 11.9. The summed E-state index contributed by atoms with van der Waals surface area (Å²) in [6.07, 6.45) is 3.53. The molecule has 0 bridgehead atoms. The lowest BCUT2D eigenvalue weighted by atomic mass is 10.1. The number of hydrogen-bond acceptors (Lipinski definition) is 3. The zero-order valence-corrected chi connectivity index (χ0v) is 12.7. The molecular formula is C15H25NOS. The van der Waals surface area contributed by atoms with Gasteiger partial charge in [-0.3, -0.25) is 0 Å². The van der Waals surface area contributed by atoms with Crippen molar-refractivity contribution in [3.05, 3.63) is 29.8 Å². The Morgan fingerprint density at radius 2 is 2.11 bits per heavy atom. The molecule has 0 spiro atoms. The molecule has 0 saturated carbocycles. The summed E-state index contributed by atoms with van der Waals surface area (Å²) in [7, 11) is 0. The Balaban J connectivity index is 2.76. The van der Waals surface area contributed by atoms with E-state index in [1.165, 1.54) is 5.56 Å². The van der Waals surface area contributed by atoms with Crippen LogP contribution in [-0.2, 0) is 0 Å². The molecule has 0 saturated heterocycles. The van der Waals surface area contributed by atoms with Gasteiger partial charge in [0.15, 0.2) is 0 Å². The lowest BCUT2D eigenvalue weighted by Crippen LogP contribution is -2.24. The minimum Gasteiger partial charge on any atom is -0.491 e. The van der Waals surface area contributed by atoms with Crippen molar-refractivity contribution in [2.24, 2.45) is 0 Å². The molecule has 0 radical (unpaired) electrons. The minimum atomic E-state index is 0.225. The van der Waals surface area contributed by atoms with Gasteiger partial charge in [-0.05, 0) is 50.8 Å². The predicted molar refractivity (Wildman–Crippen MR) is 81.6 cm³/mol. The Morgan fingerprint density at radius 1 is 1.33 bits per heavy atom. The zero-order chi connectivity index (χ0) is 13.4. The van der Waals surface area contributed by atoms with Gasteiger partial charge in [0.25, 0.3) is 0 Å². The van der Waals surface area contributed by atoms with Crippen molar-refractivity contribution in [2.75, 3.05) is 18.6 Å². The Morgan fingerprint density at radius 3 is 2.72 bits per heavy atom. The van der Waals surface area contributed by atoms with Crippen molar-refractivity contribution in [1.82, 2.24) is 5.32 Å². The predicted octanol–water partition coefficient (Wildman–Crippen LogP) is 3.88. The largest absolute Gasteiger partial charge is 0.491 e. The van der Waals surface area contributed by atoms with Crippen LogP contribution in [0.1, 0.15) is 38.8 Å². The SMILES string of the molecule is CCCNC(CSC)c1cccc(OC(C)C)c1. The first-order valence-corrected chi connectivity index (χ1v) is 8.05. The van der Waals surface area contributed by atoms with Gasteiger partial charge < -0.3 is 10.1 Å². The summed E-state index contributed by atoms with van der Waals surface area (Å²) >= 11 is 1.87. The molecule has 0 amide bonds. The third-order valence-corrected chi connectivity index (χ3v) is 3.27. The van der Waals surface area contributed by atoms with Gasteiger partial charge in [0.2, 0.25) is 0 Å². The third kappa shape index (κ3) is 5.32. The number of hydrogen-bond donors (Lipinski definition) is 1. The average Bonchev–Trinajstić information content (AvgIpc) is 2.34. The van der Waals surface area contributed by atoms with Crippen LogP contribution in [0.2, 0.25) is 0 Å². The van der Waals surface area contributed by atoms with Crippen LogP contribution in [0.25, 0.3) is 0 Å². The molecule has 1 unspecified atom stereocenters. The highest BCUT2D eigenvalue weighted by atomic mass is 32.2. The van der Waals surface area contributed by atoms with E-state index in [9.17, 15) is 0 Å². The maximum Gasteiger partial charge on any atom is 0.120 e. The first-order chi connectivity index (χ1) is 8.67. The van der Waals surface area contributed by atoms with Gasteiger partial charge in [-0.1, -0.05) is 19.1 Å². The second-order valence-corrected chi connectivity index (χ2v) is 5.61. The first kappa shape index (κ1) is 15.4. The van der Waals surface area contributed by atoms with Gasteiger partial charge in [-0.2, -0.15) is 11.8 Å². The maximum absolute atomic E-state index is 5.75. The van der Waals surface area contributed by atoms with Gasteiger partial charge in [0, 0.05) is 11.8 Å². The second kappa shape index (κ2) is 8.44. The van der Waals surface area contributed by atoms with Crippen LogP contribution >= 0.6 is 11.8 Å². The van der Waals surface area contributed by atoms with E-state index in [1.807, 2.05) is 17.8 Å². The molecule has 1 rings (SSSR count). The van der Waals surface area contributed by atoms with Crippen molar-refractivity contribution in [3.8, 4) is 5.75 Å². The van der Waals surface area contributed by atoms with Gasteiger partial charge >= 0.3 is 0 Å². The van der Waals surface area contributed by atoms with E-state index >= 15 is 0 Å². The molecule has 0 fully saturated rings. The topological polar surface area (TPSA) is 21.3 Å². The first-order valence-electron chi connectivity index (χ1n) is 6.66. The van der Waals surface area contributed by atoms with E-state index in [4.69, 9.17) is 4.74 Å². The second-order valence-electron chi connectivity index (χ2n) is 4.70. The molecule has 18 heavy (non-hydrogen) atoms. The molecule has 2 nitrogen and oxygen atoms in total. The smallest absolute Gasteiger partial charge is 0.120 e. The van der Waals surface area contributed by atoms with Gasteiger partial charge in [-0.25, -0.2) is 0 Å². The Labute approximate surface area is 116 Å². The third-order valence-electron chi connectivity index (χ3n) is 2.61. The van der Waals surface area contributed by atoms with Crippen LogP contribution in [0, 0.1) is 0 Å². The van der Waals surface area contributed by atoms with Crippen LogP contribution < -0.4 is 10.1 Å². The summed E-state index contributed by atoms with van der Waals surface area (Å²) in [5, 5.41) is 3.59. The molecule has 0 aliphatic carbocycles. The number of thioether (sulfide) groups is 1. The standard InChI is InChI=1S/C15H25NOS/c1-5-9-16-15(11-18-4)13-7-6-8-14(10-13)17-12(2)3/h6-8,10,12,15-16H,5,9,11H2,1-4H3. The van der Waals surface area contributed by atoms with E-state index in [1.54, 1.807) is 0 Å². The molecule has 102 valence electrons. The van der Waals surface area contributed by atoms with Crippen LogP contribution in [0.4, 0.5) is 0 Å². The fourth-order valence-electron chi connectivity index (χ4n) is 1.84. The lowest BCUT2D eigenvalue weighted by Gasteiger charge is -2.19. The summed E-state index contributed by atoms with van der Waals surface area (Å²) < 4.78 is 5.75. The number of benzene rings is 1. The Hall–Kier alpha value is -0.670. The average molecular weight is 267 g/mol. The molecule has 0 aromatic heterocycles. The fourth-order valence-corrected chi connectivity index (χ4v) is 2.48. The number of nitrogens with one attached hydrogen (secondary N) is 1. The van der Waals surface area contributed by atoms with Crippen molar-refractivity contribution in [3.63, 3.8) is 0 Å². The van der Waals surface area contributed by atoms with Crippen molar-refractivity contribution in [1.29, 1.82) is 0 Å². The molecule has 0 aliphatic rings. The summed E-state index contributed by atoms with van der Waals surface area (Å²) in [4.78, 5) is 0. The molecular weight excluding hydrogens is 242 g/mol. The molecule has 1 atom stereocenters. The van der Waals surface area contributed by atoms with E-state index in [-0.39, 0.29) is 6.10 Å². The van der Waals surface area contributed by atoms with E-state index in [2.05, 4.69) is 50.5 Å². The van der Waals surface area contributed by atoms with Gasteiger partial charge in [-0.15, -0.1) is 0 Å². The van der Waals surface area contributed by atoms with Gasteiger partial charge in [0.05, 0.1) is 6.10 Å². The molecule has 3 heteroatoms. The van der Waals surface area contributed by atoms with Crippen molar-refractivity contribution in [2.45, 2.75) is 39.3 Å². The van der Waals surface area contributed by atoms with E-state index in [0.29, 0.717) is 6.04 Å². The highest BCUT2D eigenvalue weighted by molar-refractivity contribution is 7.98. The van der Waals surface area contributed by atoms with Crippen molar-refractivity contribution >= 4 is 11.8 Å². The summed E-state index contributed by atoms with van der Waals surface area (Å²) in [5.41, 5.74) is 1.32. The monoisotopic (exact) mass is 267 g/mol. The van der Waals surface area contributed by atoms with Crippen LogP contribution in [-0.4, -0.2) is 24.7 Å². The summed E-state index contributed by atoms with van der Waals surface area (Å²) in [6, 6.07) is 8.85. The normalized spacial score (nSPS) is 12.7. The number of ether oxygens (including phenoxy) is 1. The maximum atomic E-state index is 5.75. The molecule has 0 heterocycles. The lowest BCUT2D eigenvalue weighted by molar-refractivity contribution is 0.242. The van der Waals surface area contributed by atoms with Gasteiger partial charge in [0.1, 0.15) is 5.75 Å². The Bertz CT molecular complexity index is 341. The summed E-state index contributed by atoms with van der Waals surface area (Å²) in [5.74, 6) is 2.05. The summed E-state index contributed by atoms with van der Waals surface area (Å²) in [6.45, 7) is 7.37. The minimum absolute atomic E-state index is 0.225. The Kier molecular flexibility index (Phi) is 7.21. The molecule has 0 aliphatic heterocycles. The highest BCUT2D eigenvalue weighted by Crippen LogP contribution is 2.22. The fraction of sp³-hybridized carbons (Fsp3) is 0.600. The highest BCUT2D eigenvalue weighted by Gasteiger charge is 2.10. The molecule has 1 aromatic rings. The molecule has 1 aromatic carbocycles. The van der Waals surface area contributed by atoms with Crippen LogP contribution in [0.3, 0.4) is 0 Å². The number of rotatable bonds is 8.